The second-order valence-corrected chi connectivity index (χ2v) is 6.42. The van der Waals surface area contributed by atoms with E-state index in [-0.39, 0.29) is 24.4 Å². The van der Waals surface area contributed by atoms with Crippen LogP contribution in [-0.2, 0) is 6.54 Å². The van der Waals surface area contributed by atoms with Crippen LogP contribution in [0.25, 0.3) is 0 Å². The fourth-order valence-corrected chi connectivity index (χ4v) is 3.14. The van der Waals surface area contributed by atoms with Crippen LogP contribution in [0.15, 0.2) is 42.7 Å². The molecule has 1 aromatic carbocycles. The van der Waals surface area contributed by atoms with E-state index in [1.165, 1.54) is 5.56 Å². The molecule has 0 spiro atoms. The molecule has 6 heteroatoms. The highest BCUT2D eigenvalue weighted by atomic mass is 35.5. The maximum Gasteiger partial charge on any atom is 0.257 e. The number of hydrogen-bond acceptors (Lipinski definition) is 3. The number of halogens is 1. The zero-order chi connectivity index (χ0) is 16.2. The normalized spacial score (nSPS) is 18.8. The van der Waals surface area contributed by atoms with Gasteiger partial charge in [0, 0.05) is 25.3 Å². The molecule has 0 saturated carbocycles. The predicted molar refractivity (Wildman–Crippen MR) is 97.3 cm³/mol. The van der Waals surface area contributed by atoms with Gasteiger partial charge < -0.3 is 10.6 Å². The van der Waals surface area contributed by atoms with Gasteiger partial charge >= 0.3 is 0 Å². The highest BCUT2D eigenvalue weighted by Gasteiger charge is 2.27. The lowest BCUT2D eigenvalue weighted by Gasteiger charge is -2.34. The summed E-state index contributed by atoms with van der Waals surface area (Å²) in [5.74, 6) is 0.460. The summed E-state index contributed by atoms with van der Waals surface area (Å²) < 4.78 is 1.82. The van der Waals surface area contributed by atoms with Gasteiger partial charge in [-0.2, -0.15) is 5.10 Å². The molecule has 5 nitrogen and oxygen atoms in total. The van der Waals surface area contributed by atoms with Crippen molar-refractivity contribution in [2.45, 2.75) is 32.4 Å². The second kappa shape index (κ2) is 8.31. The van der Waals surface area contributed by atoms with Gasteiger partial charge in [-0.15, -0.1) is 12.4 Å². The third-order valence-electron chi connectivity index (χ3n) is 4.56. The molecule has 1 amide bonds. The lowest BCUT2D eigenvalue weighted by molar-refractivity contribution is 0.0661. The van der Waals surface area contributed by atoms with Crippen LogP contribution < -0.4 is 5.73 Å². The Morgan fingerprint density at radius 2 is 2.12 bits per heavy atom. The summed E-state index contributed by atoms with van der Waals surface area (Å²) >= 11 is 0. The molecule has 1 aromatic heterocycles. The molecule has 1 fully saturated rings. The number of likely N-dealkylation sites (tertiary alicyclic amines) is 1. The first-order chi connectivity index (χ1) is 11.1. The second-order valence-electron chi connectivity index (χ2n) is 6.42. The van der Waals surface area contributed by atoms with E-state index in [0.29, 0.717) is 18.0 Å². The Hall–Kier alpha value is -1.85. The first-order valence-electron chi connectivity index (χ1n) is 8.24. The Balaban J connectivity index is 0.00000208. The standard InChI is InChI=1S/C18H24N4O.ClH/c1-14(19)16-8-5-9-21(12-16)18(23)17-10-20-22(13-17)11-15-6-3-2-4-7-15;/h2-4,6-7,10,13-14,16H,5,8-9,11-12,19H2,1H3;1H. The van der Waals surface area contributed by atoms with E-state index in [1.807, 2.05) is 40.9 Å². The minimum atomic E-state index is 0. The molecule has 0 radical (unpaired) electrons. The number of nitrogens with zero attached hydrogens (tertiary/aromatic N) is 3. The maximum atomic E-state index is 12.7. The van der Waals surface area contributed by atoms with Crippen LogP contribution in [0.2, 0.25) is 0 Å². The van der Waals surface area contributed by atoms with Crippen molar-refractivity contribution in [1.29, 1.82) is 0 Å². The fraction of sp³-hybridized carbons (Fsp3) is 0.444. The van der Waals surface area contributed by atoms with Crippen molar-refractivity contribution in [3.63, 3.8) is 0 Å². The van der Waals surface area contributed by atoms with Gasteiger partial charge in [0.1, 0.15) is 0 Å². The van der Waals surface area contributed by atoms with Crippen molar-refractivity contribution in [3.8, 4) is 0 Å². The molecule has 3 rings (SSSR count). The highest BCUT2D eigenvalue weighted by Crippen LogP contribution is 2.20. The number of carbonyl (C=O) groups excluding carboxylic acids is 1. The van der Waals surface area contributed by atoms with Crippen LogP contribution in [0.1, 0.15) is 35.7 Å². The van der Waals surface area contributed by atoms with Crippen molar-refractivity contribution in [3.05, 3.63) is 53.9 Å². The molecule has 1 aliphatic rings. The third kappa shape index (κ3) is 4.36. The van der Waals surface area contributed by atoms with E-state index in [1.54, 1.807) is 6.20 Å². The van der Waals surface area contributed by atoms with Crippen molar-refractivity contribution in [2.75, 3.05) is 13.1 Å². The first-order valence-corrected chi connectivity index (χ1v) is 8.24. The van der Waals surface area contributed by atoms with E-state index >= 15 is 0 Å². The minimum absolute atomic E-state index is 0. The number of benzene rings is 1. The SMILES string of the molecule is CC(N)C1CCCN(C(=O)c2cnn(Cc3ccccc3)c2)C1.Cl. The van der Waals surface area contributed by atoms with E-state index < -0.39 is 0 Å². The van der Waals surface area contributed by atoms with Gasteiger partial charge in [0.15, 0.2) is 0 Å². The number of rotatable bonds is 4. The molecule has 1 aliphatic heterocycles. The van der Waals surface area contributed by atoms with Crippen LogP contribution in [0, 0.1) is 5.92 Å². The van der Waals surface area contributed by atoms with Gasteiger partial charge in [0.05, 0.1) is 18.3 Å². The van der Waals surface area contributed by atoms with E-state index in [0.717, 1.165) is 25.9 Å². The Labute approximate surface area is 149 Å². The van der Waals surface area contributed by atoms with Crippen molar-refractivity contribution in [1.82, 2.24) is 14.7 Å². The third-order valence-corrected chi connectivity index (χ3v) is 4.56. The summed E-state index contributed by atoms with van der Waals surface area (Å²) in [7, 11) is 0. The van der Waals surface area contributed by atoms with E-state index in [2.05, 4.69) is 17.2 Å². The Bertz CT molecular complexity index is 656. The molecular formula is C18H25ClN4O. The number of hydrogen-bond donors (Lipinski definition) is 1. The average Bonchev–Trinajstić information content (AvgIpc) is 3.03. The molecular weight excluding hydrogens is 324 g/mol. The minimum Gasteiger partial charge on any atom is -0.338 e. The fourth-order valence-electron chi connectivity index (χ4n) is 3.14. The predicted octanol–water partition coefficient (Wildman–Crippen LogP) is 2.55. The molecule has 24 heavy (non-hydrogen) atoms. The summed E-state index contributed by atoms with van der Waals surface area (Å²) in [5, 5.41) is 4.33. The van der Waals surface area contributed by atoms with Crippen LogP contribution >= 0.6 is 12.4 Å². The smallest absolute Gasteiger partial charge is 0.257 e. The van der Waals surface area contributed by atoms with Crippen molar-refractivity contribution < 1.29 is 4.79 Å². The van der Waals surface area contributed by atoms with Gasteiger partial charge in [-0.05, 0) is 31.2 Å². The van der Waals surface area contributed by atoms with Crippen LogP contribution in [0.5, 0.6) is 0 Å². The van der Waals surface area contributed by atoms with Gasteiger partial charge in [-0.3, -0.25) is 9.48 Å². The van der Waals surface area contributed by atoms with Crippen molar-refractivity contribution >= 4 is 18.3 Å². The van der Waals surface area contributed by atoms with Gasteiger partial charge in [0.25, 0.3) is 5.91 Å². The first kappa shape index (κ1) is 18.5. The molecule has 2 heterocycles. The Morgan fingerprint density at radius 3 is 2.83 bits per heavy atom. The largest absolute Gasteiger partial charge is 0.338 e. The maximum absolute atomic E-state index is 12.7. The number of aromatic nitrogens is 2. The number of nitrogens with two attached hydrogens (primary N) is 1. The molecule has 2 unspecified atom stereocenters. The summed E-state index contributed by atoms with van der Waals surface area (Å²) in [6, 6.07) is 10.3. The number of piperidine rings is 1. The molecule has 0 aliphatic carbocycles. The van der Waals surface area contributed by atoms with Gasteiger partial charge in [-0.25, -0.2) is 0 Å². The summed E-state index contributed by atoms with van der Waals surface area (Å²) in [6.45, 7) is 4.26. The Kier molecular flexibility index (Phi) is 6.40. The lowest BCUT2D eigenvalue weighted by atomic mass is 9.92. The number of carbonyl (C=O) groups is 1. The van der Waals surface area contributed by atoms with Crippen LogP contribution in [0.3, 0.4) is 0 Å². The zero-order valence-corrected chi connectivity index (χ0v) is 14.8. The quantitative estimate of drug-likeness (QED) is 0.923. The zero-order valence-electron chi connectivity index (χ0n) is 14.0. The summed E-state index contributed by atoms with van der Waals surface area (Å²) in [5.41, 5.74) is 7.83. The average molecular weight is 349 g/mol. The van der Waals surface area contributed by atoms with Gasteiger partial charge in [0.2, 0.25) is 0 Å². The number of amides is 1. The molecule has 2 atom stereocenters. The monoisotopic (exact) mass is 348 g/mol. The Morgan fingerprint density at radius 1 is 1.38 bits per heavy atom. The lowest BCUT2D eigenvalue weighted by Crippen LogP contribution is -2.45. The van der Waals surface area contributed by atoms with Crippen LogP contribution in [-0.4, -0.2) is 39.7 Å². The molecule has 1 saturated heterocycles. The summed E-state index contributed by atoms with van der Waals surface area (Å²) in [6.07, 6.45) is 5.64. The highest BCUT2D eigenvalue weighted by molar-refractivity contribution is 5.93. The van der Waals surface area contributed by atoms with Crippen molar-refractivity contribution in [2.24, 2.45) is 11.7 Å². The van der Waals surface area contributed by atoms with Crippen LogP contribution in [0.4, 0.5) is 0 Å². The topological polar surface area (TPSA) is 64.2 Å². The van der Waals surface area contributed by atoms with E-state index in [4.69, 9.17) is 5.73 Å². The van der Waals surface area contributed by atoms with Gasteiger partial charge in [-0.1, -0.05) is 30.3 Å². The molecule has 0 bridgehead atoms. The molecule has 2 N–H and O–H groups in total. The molecule has 2 aromatic rings. The molecule has 130 valence electrons. The van der Waals surface area contributed by atoms with E-state index in [9.17, 15) is 4.79 Å². The summed E-state index contributed by atoms with van der Waals surface area (Å²) in [4.78, 5) is 14.6.